The second-order valence-corrected chi connectivity index (χ2v) is 8.93. The number of rotatable bonds is 4. The number of aromatic amines is 1. The fourth-order valence-electron chi connectivity index (χ4n) is 3.35. The zero-order valence-electron chi connectivity index (χ0n) is 15.4. The Kier molecular flexibility index (Phi) is 4.86. The molecule has 0 radical (unpaired) electrons. The highest BCUT2D eigenvalue weighted by Crippen LogP contribution is 2.21. The predicted molar refractivity (Wildman–Crippen MR) is 104 cm³/mol. The van der Waals surface area contributed by atoms with E-state index in [9.17, 15) is 13.2 Å². The van der Waals surface area contributed by atoms with Crippen molar-refractivity contribution in [3.63, 3.8) is 0 Å². The summed E-state index contributed by atoms with van der Waals surface area (Å²) in [4.78, 5) is 12.8. The summed E-state index contributed by atoms with van der Waals surface area (Å²) < 4.78 is 27.0. The predicted octanol–water partition coefficient (Wildman–Crippen LogP) is 1.85. The van der Waals surface area contributed by atoms with Crippen molar-refractivity contribution in [2.45, 2.75) is 30.7 Å². The van der Waals surface area contributed by atoms with Crippen molar-refractivity contribution in [3.8, 4) is 0 Å². The molecule has 1 aromatic heterocycles. The Hall–Kier alpha value is -2.78. The van der Waals surface area contributed by atoms with E-state index in [0.717, 1.165) is 5.56 Å². The van der Waals surface area contributed by atoms with E-state index in [4.69, 9.17) is 0 Å². The monoisotopic (exact) mass is 399 g/mol. The first-order valence-corrected chi connectivity index (χ1v) is 10.6. The number of aromatic nitrogens is 3. The molecule has 28 heavy (non-hydrogen) atoms. The highest BCUT2D eigenvalue weighted by atomic mass is 32.2. The van der Waals surface area contributed by atoms with Crippen LogP contribution in [0.3, 0.4) is 0 Å². The summed E-state index contributed by atoms with van der Waals surface area (Å²) in [7, 11) is -3.50. The largest absolute Gasteiger partial charge is 0.349 e. The summed E-state index contributed by atoms with van der Waals surface area (Å²) in [5.41, 5.74) is 2.86. The first kappa shape index (κ1) is 18.6. The Labute approximate surface area is 163 Å². The molecule has 2 heterocycles. The highest BCUT2D eigenvalue weighted by molar-refractivity contribution is 7.89. The third kappa shape index (κ3) is 3.63. The average molecular weight is 399 g/mol. The number of amides is 1. The Morgan fingerprint density at radius 2 is 1.75 bits per heavy atom. The van der Waals surface area contributed by atoms with Gasteiger partial charge in [0.15, 0.2) is 0 Å². The maximum atomic E-state index is 12.8. The molecule has 2 N–H and O–H groups in total. The number of hydrogen-bond donors (Lipinski definition) is 2. The lowest BCUT2D eigenvalue weighted by atomic mass is 10.1. The molecule has 1 saturated heterocycles. The highest BCUT2D eigenvalue weighted by Gasteiger charge is 2.30. The van der Waals surface area contributed by atoms with E-state index in [1.54, 1.807) is 42.5 Å². The average Bonchev–Trinajstić information content (AvgIpc) is 3.16. The molecule has 0 saturated carbocycles. The van der Waals surface area contributed by atoms with Gasteiger partial charge in [-0.25, -0.2) is 8.42 Å². The molecule has 8 nitrogen and oxygen atoms in total. The van der Waals surface area contributed by atoms with Crippen LogP contribution < -0.4 is 5.32 Å². The van der Waals surface area contributed by atoms with Gasteiger partial charge in [0.25, 0.3) is 5.91 Å². The van der Waals surface area contributed by atoms with Gasteiger partial charge in [-0.15, -0.1) is 0 Å². The molecule has 0 unspecified atom stereocenters. The van der Waals surface area contributed by atoms with E-state index in [1.165, 1.54) is 4.31 Å². The van der Waals surface area contributed by atoms with Gasteiger partial charge < -0.3 is 5.32 Å². The molecular weight excluding hydrogens is 378 g/mol. The first-order valence-electron chi connectivity index (χ1n) is 9.12. The molecule has 0 atom stereocenters. The van der Waals surface area contributed by atoms with E-state index >= 15 is 0 Å². The van der Waals surface area contributed by atoms with Crippen LogP contribution >= 0.6 is 0 Å². The molecule has 2 aromatic carbocycles. The Morgan fingerprint density at radius 3 is 2.46 bits per heavy atom. The molecule has 1 fully saturated rings. The van der Waals surface area contributed by atoms with E-state index < -0.39 is 10.0 Å². The number of aryl methyl sites for hydroxylation is 1. The number of carbonyl (C=O) groups is 1. The number of nitrogens with zero attached hydrogens (tertiary/aromatic N) is 3. The molecule has 4 rings (SSSR count). The molecule has 3 aromatic rings. The topological polar surface area (TPSA) is 108 Å². The van der Waals surface area contributed by atoms with Crippen molar-refractivity contribution < 1.29 is 13.2 Å². The molecule has 0 spiro atoms. The standard InChI is InChI=1S/C19H21N5O3S/c1-13-2-5-16(6-3-13)28(26,27)24-10-8-15(9-11-24)20-19(25)14-4-7-17-18(12-14)22-23-21-17/h2-7,12,15H,8-11H2,1H3,(H,20,25)(H,21,22,23). The normalized spacial score (nSPS) is 16.3. The molecule has 1 amide bonds. The van der Waals surface area contributed by atoms with Crippen molar-refractivity contribution in [3.05, 3.63) is 53.6 Å². The van der Waals surface area contributed by atoms with Crippen molar-refractivity contribution in [1.82, 2.24) is 25.0 Å². The summed E-state index contributed by atoms with van der Waals surface area (Å²) in [6.45, 7) is 2.68. The lowest BCUT2D eigenvalue weighted by Gasteiger charge is -2.31. The molecule has 0 bridgehead atoms. The van der Waals surface area contributed by atoms with Crippen LogP contribution in [0.1, 0.15) is 28.8 Å². The minimum atomic E-state index is -3.50. The van der Waals surface area contributed by atoms with Gasteiger partial charge in [-0.2, -0.15) is 19.7 Å². The van der Waals surface area contributed by atoms with E-state index in [1.807, 2.05) is 6.92 Å². The summed E-state index contributed by atoms with van der Waals surface area (Å²) in [6, 6.07) is 11.9. The Bertz CT molecular complexity index is 1100. The number of H-pyrrole nitrogens is 1. The van der Waals surface area contributed by atoms with Crippen molar-refractivity contribution in [1.29, 1.82) is 0 Å². The fourth-order valence-corrected chi connectivity index (χ4v) is 4.82. The van der Waals surface area contributed by atoms with Gasteiger partial charge >= 0.3 is 0 Å². The molecule has 9 heteroatoms. The summed E-state index contributed by atoms with van der Waals surface area (Å²) in [5.74, 6) is -0.190. The quantitative estimate of drug-likeness (QED) is 0.696. The van der Waals surface area contributed by atoms with Gasteiger partial charge in [-0.3, -0.25) is 4.79 Å². The first-order chi connectivity index (χ1) is 13.4. The molecular formula is C19H21N5O3S. The third-order valence-electron chi connectivity index (χ3n) is 5.03. The summed E-state index contributed by atoms with van der Waals surface area (Å²) in [6.07, 6.45) is 1.14. The van der Waals surface area contributed by atoms with E-state index in [-0.39, 0.29) is 11.9 Å². The van der Waals surface area contributed by atoms with Gasteiger partial charge in [0, 0.05) is 24.7 Å². The minimum absolute atomic E-state index is 0.0648. The lowest BCUT2D eigenvalue weighted by Crippen LogP contribution is -2.46. The van der Waals surface area contributed by atoms with Gasteiger partial charge in [-0.1, -0.05) is 17.7 Å². The van der Waals surface area contributed by atoms with E-state index in [0.29, 0.717) is 47.4 Å². The van der Waals surface area contributed by atoms with Crippen LogP contribution in [0.2, 0.25) is 0 Å². The van der Waals surface area contributed by atoms with Crippen LogP contribution in [0.4, 0.5) is 0 Å². The SMILES string of the molecule is Cc1ccc(S(=O)(=O)N2CCC(NC(=O)c3ccc4n[nH]nc4c3)CC2)cc1. The van der Waals surface area contributed by atoms with Crippen LogP contribution in [-0.4, -0.2) is 53.2 Å². The Morgan fingerprint density at radius 1 is 1.07 bits per heavy atom. The van der Waals surface area contributed by atoms with Gasteiger partial charge in [0.1, 0.15) is 11.0 Å². The smallest absolute Gasteiger partial charge is 0.251 e. The van der Waals surface area contributed by atoms with Crippen LogP contribution in [0, 0.1) is 6.92 Å². The van der Waals surface area contributed by atoms with Gasteiger partial charge in [0.05, 0.1) is 4.90 Å². The number of benzene rings is 2. The zero-order valence-corrected chi connectivity index (χ0v) is 16.2. The zero-order chi connectivity index (χ0) is 19.7. The number of carbonyl (C=O) groups excluding carboxylic acids is 1. The van der Waals surface area contributed by atoms with Crippen molar-refractivity contribution in [2.75, 3.05) is 13.1 Å². The number of fused-ring (bicyclic) bond motifs is 1. The van der Waals surface area contributed by atoms with Gasteiger partial charge in [-0.05, 0) is 50.1 Å². The van der Waals surface area contributed by atoms with Gasteiger partial charge in [0.2, 0.25) is 10.0 Å². The van der Waals surface area contributed by atoms with Crippen LogP contribution in [0.15, 0.2) is 47.4 Å². The Balaban J connectivity index is 1.38. The fraction of sp³-hybridized carbons (Fsp3) is 0.316. The molecule has 1 aliphatic rings. The van der Waals surface area contributed by atoms with Crippen LogP contribution in [0.5, 0.6) is 0 Å². The third-order valence-corrected chi connectivity index (χ3v) is 6.94. The number of piperidine rings is 1. The molecule has 1 aliphatic heterocycles. The second-order valence-electron chi connectivity index (χ2n) is 6.99. The van der Waals surface area contributed by atoms with Crippen molar-refractivity contribution >= 4 is 27.0 Å². The molecule has 0 aliphatic carbocycles. The van der Waals surface area contributed by atoms with E-state index in [2.05, 4.69) is 20.7 Å². The summed E-state index contributed by atoms with van der Waals surface area (Å²) in [5, 5.41) is 13.5. The number of sulfonamides is 1. The molecule has 146 valence electrons. The maximum Gasteiger partial charge on any atom is 0.251 e. The maximum absolute atomic E-state index is 12.8. The number of hydrogen-bond acceptors (Lipinski definition) is 5. The number of nitrogens with one attached hydrogen (secondary N) is 2. The van der Waals surface area contributed by atoms with Crippen molar-refractivity contribution in [2.24, 2.45) is 0 Å². The lowest BCUT2D eigenvalue weighted by molar-refractivity contribution is 0.0924. The van der Waals surface area contributed by atoms with Crippen LogP contribution in [0.25, 0.3) is 11.0 Å². The second kappa shape index (κ2) is 7.33. The van der Waals surface area contributed by atoms with Crippen LogP contribution in [-0.2, 0) is 10.0 Å². The summed E-state index contributed by atoms with van der Waals surface area (Å²) >= 11 is 0. The minimum Gasteiger partial charge on any atom is -0.349 e.